The lowest BCUT2D eigenvalue weighted by Crippen LogP contribution is -2.26. The fraction of sp³-hybridized carbons (Fsp3) is 0.500. The highest BCUT2D eigenvalue weighted by molar-refractivity contribution is 6.31. The summed E-state index contributed by atoms with van der Waals surface area (Å²) in [6.07, 6.45) is 0.747. The molecule has 0 radical (unpaired) electrons. The second kappa shape index (κ2) is 6.20. The average Bonchev–Trinajstić information content (AvgIpc) is 2.68. The molecular formula is C14H18Cl2N4O. The Morgan fingerprint density at radius 1 is 1.33 bits per heavy atom. The van der Waals surface area contributed by atoms with Crippen molar-refractivity contribution in [2.75, 3.05) is 0 Å². The molecule has 0 atom stereocenters. The van der Waals surface area contributed by atoms with Crippen LogP contribution >= 0.6 is 23.2 Å². The van der Waals surface area contributed by atoms with E-state index in [-0.39, 0.29) is 16.6 Å². The van der Waals surface area contributed by atoms with Gasteiger partial charge in [-0.1, -0.05) is 44.0 Å². The Bertz CT molecular complexity index is 718. The summed E-state index contributed by atoms with van der Waals surface area (Å²) in [6.45, 7) is 6.26. The number of aromatic nitrogens is 4. The van der Waals surface area contributed by atoms with Gasteiger partial charge >= 0.3 is 0 Å². The third-order valence-electron chi connectivity index (χ3n) is 3.33. The zero-order valence-corrected chi connectivity index (χ0v) is 14.0. The number of hydrogen-bond donors (Lipinski definition) is 0. The van der Waals surface area contributed by atoms with Crippen molar-refractivity contribution in [3.8, 4) is 0 Å². The maximum absolute atomic E-state index is 12.2. The van der Waals surface area contributed by atoms with Crippen molar-refractivity contribution < 1.29 is 0 Å². The predicted molar refractivity (Wildman–Crippen MR) is 84.3 cm³/mol. The van der Waals surface area contributed by atoms with Crippen LogP contribution in [0.1, 0.15) is 43.9 Å². The van der Waals surface area contributed by atoms with Gasteiger partial charge < -0.3 is 0 Å². The van der Waals surface area contributed by atoms with Crippen LogP contribution in [0, 0.1) is 0 Å². The maximum atomic E-state index is 12.2. The van der Waals surface area contributed by atoms with Crippen molar-refractivity contribution >= 4 is 23.2 Å². The number of aryl methyl sites for hydroxylation is 2. The van der Waals surface area contributed by atoms with Gasteiger partial charge in [-0.25, -0.2) is 4.98 Å². The Labute approximate surface area is 133 Å². The minimum absolute atomic E-state index is 0.0778. The average molecular weight is 329 g/mol. The van der Waals surface area contributed by atoms with Crippen molar-refractivity contribution in [1.29, 1.82) is 0 Å². The Hall–Kier alpha value is -1.33. The molecule has 2 aromatic rings. The molecule has 0 spiro atoms. The summed E-state index contributed by atoms with van der Waals surface area (Å²) >= 11 is 12.2. The molecule has 0 aliphatic heterocycles. The molecule has 21 heavy (non-hydrogen) atoms. The summed E-state index contributed by atoms with van der Waals surface area (Å²) in [7, 11) is 1.82. The third-order valence-corrected chi connectivity index (χ3v) is 3.96. The molecule has 2 rings (SSSR count). The van der Waals surface area contributed by atoms with Crippen LogP contribution in [0.4, 0.5) is 0 Å². The quantitative estimate of drug-likeness (QED) is 0.810. The second-order valence-corrected chi connectivity index (χ2v) is 5.97. The monoisotopic (exact) mass is 328 g/mol. The summed E-state index contributed by atoms with van der Waals surface area (Å²) in [6, 6.07) is 1.32. The van der Waals surface area contributed by atoms with Gasteiger partial charge in [0.25, 0.3) is 5.56 Å². The van der Waals surface area contributed by atoms with Gasteiger partial charge in [0.05, 0.1) is 23.0 Å². The van der Waals surface area contributed by atoms with Gasteiger partial charge in [0.15, 0.2) is 0 Å². The fourth-order valence-electron chi connectivity index (χ4n) is 2.24. The summed E-state index contributed by atoms with van der Waals surface area (Å²) in [5.41, 5.74) is 1.44. The highest BCUT2D eigenvalue weighted by Crippen LogP contribution is 2.22. The summed E-state index contributed by atoms with van der Waals surface area (Å²) in [5, 5.41) is 5.19. The van der Waals surface area contributed by atoms with E-state index in [0.29, 0.717) is 17.4 Å². The molecule has 0 aliphatic rings. The Morgan fingerprint density at radius 2 is 2.00 bits per heavy atom. The van der Waals surface area contributed by atoms with Crippen LogP contribution in [-0.2, 0) is 20.0 Å². The number of halogens is 2. The van der Waals surface area contributed by atoms with E-state index in [1.54, 1.807) is 9.25 Å². The van der Waals surface area contributed by atoms with Gasteiger partial charge in [-0.05, 0) is 6.42 Å². The predicted octanol–water partition coefficient (Wildman–Crippen LogP) is 3.02. The summed E-state index contributed by atoms with van der Waals surface area (Å²) < 4.78 is 3.31. The van der Waals surface area contributed by atoms with E-state index in [1.165, 1.54) is 6.07 Å². The minimum atomic E-state index is -0.186. The van der Waals surface area contributed by atoms with Crippen LogP contribution in [0.15, 0.2) is 10.9 Å². The molecule has 0 saturated heterocycles. The van der Waals surface area contributed by atoms with Crippen molar-refractivity contribution in [2.24, 2.45) is 7.05 Å². The first-order valence-electron chi connectivity index (χ1n) is 6.82. The van der Waals surface area contributed by atoms with Gasteiger partial charge in [-0.3, -0.25) is 14.0 Å². The van der Waals surface area contributed by atoms with Crippen LogP contribution in [0.5, 0.6) is 0 Å². The fourth-order valence-corrected chi connectivity index (χ4v) is 2.77. The molecule has 2 aromatic heterocycles. The zero-order valence-electron chi connectivity index (χ0n) is 12.5. The van der Waals surface area contributed by atoms with Crippen LogP contribution in [0.2, 0.25) is 10.2 Å². The smallest absolute Gasteiger partial charge is 0.255 e. The molecule has 2 heterocycles. The molecule has 0 aliphatic carbocycles. The standard InChI is InChI=1S/C14H18Cl2N4O/c1-5-9-13(16)10(19(4)18-9)7-20-12(21)6-11(15)17-14(20)8(2)3/h6,8H,5,7H2,1-4H3. The lowest BCUT2D eigenvalue weighted by atomic mass is 10.2. The summed E-state index contributed by atoms with van der Waals surface area (Å²) in [4.78, 5) is 16.5. The normalized spacial score (nSPS) is 11.4. The van der Waals surface area contributed by atoms with E-state index < -0.39 is 0 Å². The zero-order chi connectivity index (χ0) is 15.7. The molecule has 0 amide bonds. The Balaban J connectivity index is 2.54. The summed E-state index contributed by atoms with van der Waals surface area (Å²) in [5.74, 6) is 0.719. The van der Waals surface area contributed by atoms with Crippen molar-refractivity contribution in [3.63, 3.8) is 0 Å². The molecular weight excluding hydrogens is 311 g/mol. The van der Waals surface area contributed by atoms with Crippen LogP contribution in [0.25, 0.3) is 0 Å². The van der Waals surface area contributed by atoms with Crippen molar-refractivity contribution in [1.82, 2.24) is 19.3 Å². The molecule has 7 heteroatoms. The van der Waals surface area contributed by atoms with E-state index in [9.17, 15) is 4.79 Å². The molecule has 0 saturated carbocycles. The SMILES string of the molecule is CCc1nn(C)c(Cn2c(C(C)C)nc(Cl)cc2=O)c1Cl. The first kappa shape index (κ1) is 16.0. The van der Waals surface area contributed by atoms with E-state index in [0.717, 1.165) is 17.8 Å². The molecule has 0 N–H and O–H groups in total. The van der Waals surface area contributed by atoms with Gasteiger partial charge in [-0.15, -0.1) is 0 Å². The van der Waals surface area contributed by atoms with Gasteiger partial charge in [0.2, 0.25) is 0 Å². The number of rotatable bonds is 4. The third kappa shape index (κ3) is 3.14. The molecule has 0 fully saturated rings. The second-order valence-electron chi connectivity index (χ2n) is 5.20. The Kier molecular flexibility index (Phi) is 4.74. The highest BCUT2D eigenvalue weighted by atomic mass is 35.5. The topological polar surface area (TPSA) is 52.7 Å². The molecule has 5 nitrogen and oxygen atoms in total. The van der Waals surface area contributed by atoms with Crippen molar-refractivity contribution in [3.05, 3.63) is 43.8 Å². The molecule has 0 unspecified atom stereocenters. The van der Waals surface area contributed by atoms with Crippen LogP contribution < -0.4 is 5.56 Å². The largest absolute Gasteiger partial charge is 0.290 e. The highest BCUT2D eigenvalue weighted by Gasteiger charge is 2.17. The molecule has 0 aromatic carbocycles. The van der Waals surface area contributed by atoms with Gasteiger partial charge in [0, 0.05) is 19.0 Å². The van der Waals surface area contributed by atoms with Gasteiger partial charge in [0.1, 0.15) is 11.0 Å². The van der Waals surface area contributed by atoms with E-state index in [2.05, 4.69) is 10.1 Å². The van der Waals surface area contributed by atoms with Crippen LogP contribution in [0.3, 0.4) is 0 Å². The number of hydrogen-bond acceptors (Lipinski definition) is 3. The van der Waals surface area contributed by atoms with E-state index >= 15 is 0 Å². The first-order valence-corrected chi connectivity index (χ1v) is 7.58. The van der Waals surface area contributed by atoms with E-state index in [4.69, 9.17) is 23.2 Å². The minimum Gasteiger partial charge on any atom is -0.290 e. The van der Waals surface area contributed by atoms with Crippen LogP contribution in [-0.4, -0.2) is 19.3 Å². The van der Waals surface area contributed by atoms with Crippen molar-refractivity contribution in [2.45, 2.75) is 39.7 Å². The lowest BCUT2D eigenvalue weighted by molar-refractivity contribution is 0.590. The van der Waals surface area contributed by atoms with Gasteiger partial charge in [-0.2, -0.15) is 5.10 Å². The number of nitrogens with zero attached hydrogens (tertiary/aromatic N) is 4. The lowest BCUT2D eigenvalue weighted by Gasteiger charge is -2.15. The first-order chi connectivity index (χ1) is 9.85. The van der Waals surface area contributed by atoms with E-state index in [1.807, 2.05) is 27.8 Å². The molecule has 114 valence electrons. The maximum Gasteiger partial charge on any atom is 0.255 e. The molecule has 0 bridgehead atoms. The Morgan fingerprint density at radius 3 is 2.52 bits per heavy atom.